The molecule has 1 heteroatoms. The summed E-state index contributed by atoms with van der Waals surface area (Å²) in [6.07, 6.45) is 6.45. The number of methoxy groups -OCH3 is 1. The molecular weight excluding hydrogens is 232 g/mol. The van der Waals surface area contributed by atoms with E-state index in [1.807, 2.05) is 12.1 Å². The van der Waals surface area contributed by atoms with Gasteiger partial charge in [-0.15, -0.1) is 0 Å². The molecule has 2 atom stereocenters. The lowest BCUT2D eigenvalue weighted by molar-refractivity contribution is 0.152. The van der Waals surface area contributed by atoms with E-state index in [1.54, 1.807) is 12.7 Å². The second kappa shape index (κ2) is 4.13. The van der Waals surface area contributed by atoms with Gasteiger partial charge in [0.1, 0.15) is 5.75 Å². The zero-order chi connectivity index (χ0) is 13.7. The van der Waals surface area contributed by atoms with Crippen LogP contribution in [0.5, 0.6) is 5.75 Å². The molecule has 2 bridgehead atoms. The van der Waals surface area contributed by atoms with Gasteiger partial charge in [0.25, 0.3) is 0 Å². The molecule has 1 nitrogen and oxygen atoms in total. The van der Waals surface area contributed by atoms with E-state index in [0.717, 1.165) is 11.7 Å². The van der Waals surface area contributed by atoms with Crippen molar-refractivity contribution in [2.24, 2.45) is 16.7 Å². The summed E-state index contributed by atoms with van der Waals surface area (Å²) in [5.41, 5.74) is 3.94. The predicted molar refractivity (Wildman–Crippen MR) is 80.2 cm³/mol. The highest BCUT2D eigenvalue weighted by atomic mass is 16.5. The van der Waals surface area contributed by atoms with Crippen LogP contribution in [-0.4, -0.2) is 7.11 Å². The molecule has 1 aromatic carbocycles. The molecule has 19 heavy (non-hydrogen) atoms. The normalized spacial score (nSPS) is 33.9. The fourth-order valence-corrected chi connectivity index (χ4v) is 4.17. The van der Waals surface area contributed by atoms with Gasteiger partial charge in [-0.3, -0.25) is 0 Å². The Labute approximate surface area is 116 Å². The van der Waals surface area contributed by atoms with E-state index in [1.165, 1.54) is 24.8 Å². The van der Waals surface area contributed by atoms with Crippen LogP contribution in [0, 0.1) is 16.7 Å². The molecule has 2 aliphatic carbocycles. The van der Waals surface area contributed by atoms with Crippen LogP contribution in [0.2, 0.25) is 0 Å². The maximum atomic E-state index is 5.22. The molecule has 1 aromatic rings. The fourth-order valence-electron chi connectivity index (χ4n) is 4.17. The molecule has 102 valence electrons. The highest BCUT2D eigenvalue weighted by Gasteiger charge is 2.57. The Balaban J connectivity index is 1.89. The maximum Gasteiger partial charge on any atom is 0.118 e. The van der Waals surface area contributed by atoms with Gasteiger partial charge in [0.05, 0.1) is 7.11 Å². The SMILES string of the molecule is COc1ccc(/C=C2/CC3(C)CCC2C3(C)C)cc1. The zero-order valence-corrected chi connectivity index (χ0v) is 12.5. The Morgan fingerprint density at radius 3 is 2.32 bits per heavy atom. The number of benzene rings is 1. The average Bonchev–Trinajstić information content (AvgIpc) is 2.71. The fraction of sp³-hybridized carbons (Fsp3) is 0.556. The largest absolute Gasteiger partial charge is 0.497 e. The topological polar surface area (TPSA) is 9.23 Å². The molecule has 0 N–H and O–H groups in total. The van der Waals surface area contributed by atoms with Gasteiger partial charge in [0.2, 0.25) is 0 Å². The standard InChI is InChI=1S/C18H24O/c1-17(2)16-9-10-18(17,3)12-14(16)11-13-5-7-15(19-4)8-6-13/h5-8,11,16H,9-10,12H2,1-4H3/b14-11-. The van der Waals surface area contributed by atoms with Gasteiger partial charge < -0.3 is 4.74 Å². The Morgan fingerprint density at radius 1 is 1.16 bits per heavy atom. The van der Waals surface area contributed by atoms with E-state index in [0.29, 0.717) is 10.8 Å². The molecule has 0 saturated heterocycles. The Morgan fingerprint density at radius 2 is 1.84 bits per heavy atom. The summed E-state index contributed by atoms with van der Waals surface area (Å²) in [4.78, 5) is 0. The average molecular weight is 256 g/mol. The van der Waals surface area contributed by atoms with Crippen LogP contribution in [0.4, 0.5) is 0 Å². The first kappa shape index (κ1) is 12.8. The lowest BCUT2D eigenvalue weighted by Crippen LogP contribution is -2.26. The van der Waals surface area contributed by atoms with Crippen LogP contribution in [0.15, 0.2) is 29.8 Å². The predicted octanol–water partition coefficient (Wildman–Crippen LogP) is 4.92. The van der Waals surface area contributed by atoms with Gasteiger partial charge in [-0.1, -0.05) is 44.6 Å². The lowest BCUT2D eigenvalue weighted by atomic mass is 9.71. The number of fused-ring (bicyclic) bond motifs is 2. The first-order chi connectivity index (χ1) is 8.96. The summed E-state index contributed by atoms with van der Waals surface area (Å²) in [6, 6.07) is 8.42. The van der Waals surface area contributed by atoms with Crippen molar-refractivity contribution >= 4 is 6.08 Å². The quantitative estimate of drug-likeness (QED) is 0.729. The van der Waals surface area contributed by atoms with Crippen LogP contribution < -0.4 is 4.74 Å². The van der Waals surface area contributed by atoms with E-state index >= 15 is 0 Å². The minimum Gasteiger partial charge on any atom is -0.497 e. The van der Waals surface area contributed by atoms with Gasteiger partial charge in [0.15, 0.2) is 0 Å². The molecule has 0 aromatic heterocycles. The van der Waals surface area contributed by atoms with E-state index in [9.17, 15) is 0 Å². The van der Waals surface area contributed by atoms with Crippen LogP contribution in [0.25, 0.3) is 6.08 Å². The molecule has 0 heterocycles. The van der Waals surface area contributed by atoms with Gasteiger partial charge in [-0.2, -0.15) is 0 Å². The van der Waals surface area contributed by atoms with Crippen molar-refractivity contribution in [3.05, 3.63) is 35.4 Å². The van der Waals surface area contributed by atoms with E-state index in [-0.39, 0.29) is 0 Å². The van der Waals surface area contributed by atoms with Crippen molar-refractivity contribution in [2.75, 3.05) is 7.11 Å². The molecule has 3 rings (SSSR count). The summed E-state index contributed by atoms with van der Waals surface area (Å²) in [5.74, 6) is 1.71. The van der Waals surface area contributed by atoms with Crippen LogP contribution in [-0.2, 0) is 0 Å². The van der Waals surface area contributed by atoms with E-state index in [4.69, 9.17) is 4.74 Å². The number of rotatable bonds is 2. The summed E-state index contributed by atoms with van der Waals surface area (Å²) >= 11 is 0. The highest BCUT2D eigenvalue weighted by molar-refractivity contribution is 5.56. The summed E-state index contributed by atoms with van der Waals surface area (Å²) < 4.78 is 5.22. The minimum atomic E-state index is 0.464. The smallest absolute Gasteiger partial charge is 0.118 e. The highest BCUT2D eigenvalue weighted by Crippen LogP contribution is 2.67. The maximum absolute atomic E-state index is 5.22. The summed E-state index contributed by atoms with van der Waals surface area (Å²) in [6.45, 7) is 7.39. The van der Waals surface area contributed by atoms with Crippen molar-refractivity contribution in [3.8, 4) is 5.75 Å². The number of allylic oxidation sites excluding steroid dienone is 1. The molecule has 0 aliphatic heterocycles. The Hall–Kier alpha value is -1.24. The number of hydrogen-bond donors (Lipinski definition) is 0. The third kappa shape index (κ3) is 1.82. The second-order valence-corrected chi connectivity index (χ2v) is 7.04. The zero-order valence-electron chi connectivity index (χ0n) is 12.5. The Bertz CT molecular complexity index is 506. The van der Waals surface area contributed by atoms with Crippen LogP contribution in [0.3, 0.4) is 0 Å². The lowest BCUT2D eigenvalue weighted by Gasteiger charge is -2.33. The summed E-state index contributed by atoms with van der Waals surface area (Å²) in [7, 11) is 1.72. The summed E-state index contributed by atoms with van der Waals surface area (Å²) in [5, 5.41) is 0. The van der Waals surface area contributed by atoms with Gasteiger partial charge >= 0.3 is 0 Å². The third-order valence-electron chi connectivity index (χ3n) is 5.92. The van der Waals surface area contributed by atoms with Crippen molar-refractivity contribution in [1.29, 1.82) is 0 Å². The van der Waals surface area contributed by atoms with E-state index in [2.05, 4.69) is 39.0 Å². The minimum absolute atomic E-state index is 0.464. The van der Waals surface area contributed by atoms with Gasteiger partial charge in [0, 0.05) is 0 Å². The third-order valence-corrected chi connectivity index (χ3v) is 5.92. The van der Waals surface area contributed by atoms with Crippen molar-refractivity contribution in [2.45, 2.75) is 40.0 Å². The van der Waals surface area contributed by atoms with Crippen LogP contribution in [0.1, 0.15) is 45.6 Å². The molecular formula is C18H24O. The first-order valence-electron chi connectivity index (χ1n) is 7.31. The molecule has 2 aliphatic rings. The number of hydrogen-bond acceptors (Lipinski definition) is 1. The molecule has 0 spiro atoms. The Kier molecular flexibility index (Phi) is 2.78. The monoisotopic (exact) mass is 256 g/mol. The number of ether oxygens (including phenoxy) is 1. The van der Waals surface area contributed by atoms with Gasteiger partial charge in [-0.25, -0.2) is 0 Å². The van der Waals surface area contributed by atoms with Crippen LogP contribution >= 0.6 is 0 Å². The molecule has 0 radical (unpaired) electrons. The van der Waals surface area contributed by atoms with Crippen molar-refractivity contribution in [1.82, 2.24) is 0 Å². The van der Waals surface area contributed by atoms with Crippen molar-refractivity contribution < 1.29 is 4.74 Å². The first-order valence-corrected chi connectivity index (χ1v) is 7.31. The molecule has 2 unspecified atom stereocenters. The van der Waals surface area contributed by atoms with Gasteiger partial charge in [-0.05, 0) is 53.7 Å². The second-order valence-electron chi connectivity index (χ2n) is 7.04. The molecule has 2 saturated carbocycles. The molecule has 2 fully saturated rings. The molecule has 0 amide bonds. The van der Waals surface area contributed by atoms with E-state index < -0.39 is 0 Å². The van der Waals surface area contributed by atoms with Crippen molar-refractivity contribution in [3.63, 3.8) is 0 Å².